The maximum atomic E-state index is 11.7. The Morgan fingerprint density at radius 2 is 2.16 bits per heavy atom. The third-order valence-electron chi connectivity index (χ3n) is 3.86. The van der Waals surface area contributed by atoms with Gasteiger partial charge in [0.1, 0.15) is 6.04 Å². The Hall–Kier alpha value is -0.460. The van der Waals surface area contributed by atoms with Crippen LogP contribution in [0.2, 0.25) is 0 Å². The van der Waals surface area contributed by atoms with Crippen LogP contribution in [0.25, 0.3) is 0 Å². The largest absolute Gasteiger partial charge is 0.519 e. The molecule has 4 nitrogen and oxygen atoms in total. The molecule has 1 N–H and O–H groups in total. The van der Waals surface area contributed by atoms with Gasteiger partial charge in [0.15, 0.2) is 10.1 Å². The van der Waals surface area contributed by atoms with E-state index in [4.69, 9.17) is 12.2 Å². The first-order chi connectivity index (χ1) is 8.84. The molecule has 0 radical (unpaired) electrons. The molecule has 1 aliphatic rings. The molecular formula is C13H22NO3S2+. The van der Waals surface area contributed by atoms with E-state index in [1.807, 2.05) is 13.8 Å². The van der Waals surface area contributed by atoms with E-state index in [1.165, 1.54) is 18.7 Å². The summed E-state index contributed by atoms with van der Waals surface area (Å²) in [5.41, 5.74) is 0. The van der Waals surface area contributed by atoms with Crippen molar-refractivity contribution in [2.45, 2.75) is 57.7 Å². The van der Waals surface area contributed by atoms with Crippen LogP contribution in [0.3, 0.4) is 0 Å². The minimum Gasteiger partial charge on any atom is -0.435 e. The Balaban J connectivity index is 2.84. The zero-order valence-electron chi connectivity index (χ0n) is 11.7. The van der Waals surface area contributed by atoms with Crippen LogP contribution < -0.4 is 0 Å². The molecular weight excluding hydrogens is 282 g/mol. The Bertz CT molecular complexity index is 386. The van der Waals surface area contributed by atoms with Gasteiger partial charge in [0.2, 0.25) is 0 Å². The van der Waals surface area contributed by atoms with E-state index < -0.39 is 6.09 Å². The number of nitrogens with zero attached hydrogens (tertiary/aromatic N) is 1. The zero-order chi connectivity index (χ0) is 14.6. The van der Waals surface area contributed by atoms with Gasteiger partial charge >= 0.3 is 6.09 Å². The summed E-state index contributed by atoms with van der Waals surface area (Å²) in [6.07, 6.45) is 2.27. The Morgan fingerprint density at radius 1 is 1.53 bits per heavy atom. The number of thiocarbonyl (C=S) groups is 1. The number of carbonyl (C=O) groups excluding carboxylic acids is 1. The van der Waals surface area contributed by atoms with Crippen LogP contribution in [0.15, 0.2) is 0 Å². The molecule has 0 aromatic rings. The minimum atomic E-state index is -0.849. The van der Waals surface area contributed by atoms with Gasteiger partial charge in [-0.3, -0.25) is 4.79 Å². The molecule has 0 aromatic heterocycles. The van der Waals surface area contributed by atoms with E-state index >= 15 is 0 Å². The summed E-state index contributed by atoms with van der Waals surface area (Å²) < 4.78 is -0.0930. The van der Waals surface area contributed by atoms with Gasteiger partial charge in [0.25, 0.3) is 0 Å². The Morgan fingerprint density at radius 3 is 2.53 bits per heavy atom. The molecule has 0 aliphatic carbocycles. The van der Waals surface area contributed by atoms with Gasteiger partial charge in [-0.05, 0) is 25.6 Å². The second kappa shape index (κ2) is 6.81. The number of carbonyl (C=O) groups is 2. The molecule has 1 heterocycles. The number of quaternary nitrogens is 1. The normalized spacial score (nSPS) is 28.1. The van der Waals surface area contributed by atoms with Gasteiger partial charge in [0.05, 0.1) is 6.54 Å². The average Bonchev–Trinajstić information content (AvgIpc) is 2.70. The average molecular weight is 304 g/mol. The lowest BCUT2D eigenvalue weighted by atomic mass is 10.2. The highest BCUT2D eigenvalue weighted by molar-refractivity contribution is 8.14. The van der Waals surface area contributed by atoms with Gasteiger partial charge in [-0.15, -0.1) is 0 Å². The fraction of sp³-hybridized carbons (Fsp3) is 0.769. The van der Waals surface area contributed by atoms with Crippen molar-refractivity contribution in [3.8, 4) is 0 Å². The SMILES string of the molecule is CCC(CC(=S)[N+]1(C(=O)O)CCC[C@H]1C)SC(C)=O. The van der Waals surface area contributed by atoms with E-state index in [-0.39, 0.29) is 20.9 Å². The second-order valence-electron chi connectivity index (χ2n) is 5.10. The highest BCUT2D eigenvalue weighted by atomic mass is 32.2. The maximum absolute atomic E-state index is 11.7. The molecule has 1 rings (SSSR count). The lowest BCUT2D eigenvalue weighted by Gasteiger charge is -2.33. The number of hydrogen-bond acceptors (Lipinski definition) is 4. The van der Waals surface area contributed by atoms with Crippen molar-refractivity contribution in [2.24, 2.45) is 0 Å². The van der Waals surface area contributed by atoms with Crippen LogP contribution in [0.4, 0.5) is 4.79 Å². The third-order valence-corrected chi connectivity index (χ3v) is 5.52. The molecule has 1 fully saturated rings. The predicted molar refractivity (Wildman–Crippen MR) is 81.4 cm³/mol. The quantitative estimate of drug-likeness (QED) is 0.637. The van der Waals surface area contributed by atoms with Crippen molar-refractivity contribution < 1.29 is 19.2 Å². The molecule has 3 atom stereocenters. The summed E-state index contributed by atoms with van der Waals surface area (Å²) in [5, 5.41) is 9.73. The van der Waals surface area contributed by atoms with Crippen molar-refractivity contribution in [1.29, 1.82) is 0 Å². The lowest BCUT2D eigenvalue weighted by Crippen LogP contribution is -2.58. The van der Waals surface area contributed by atoms with Crippen molar-refractivity contribution in [1.82, 2.24) is 0 Å². The maximum Gasteiger partial charge on any atom is 0.519 e. The summed E-state index contributed by atoms with van der Waals surface area (Å²) >= 11 is 6.71. The second-order valence-corrected chi connectivity index (χ2v) is 7.05. The van der Waals surface area contributed by atoms with E-state index in [9.17, 15) is 14.7 Å². The number of likely N-dealkylation sites (tertiary alicyclic amines) is 1. The Labute approximate surface area is 124 Å². The van der Waals surface area contributed by atoms with Gasteiger partial charge in [-0.1, -0.05) is 18.7 Å². The number of thioether (sulfide) groups is 1. The highest BCUT2D eigenvalue weighted by Crippen LogP contribution is 2.32. The third kappa shape index (κ3) is 3.55. The number of hydrogen-bond donors (Lipinski definition) is 1. The van der Waals surface area contributed by atoms with Crippen LogP contribution in [0.5, 0.6) is 0 Å². The number of rotatable bonds is 4. The topological polar surface area (TPSA) is 54.4 Å². The first-order valence-corrected chi connectivity index (χ1v) is 7.95. The number of carboxylic acid groups (broad SMARTS) is 1. The van der Waals surface area contributed by atoms with Crippen LogP contribution in [-0.2, 0) is 4.79 Å². The van der Waals surface area contributed by atoms with Gasteiger partial charge < -0.3 is 5.11 Å². The van der Waals surface area contributed by atoms with Crippen LogP contribution in [-0.4, -0.2) is 43.6 Å². The summed E-state index contributed by atoms with van der Waals surface area (Å²) in [4.78, 5) is 23.4. The molecule has 0 bridgehead atoms. The van der Waals surface area contributed by atoms with Crippen molar-refractivity contribution in [3.05, 3.63) is 0 Å². The smallest absolute Gasteiger partial charge is 0.435 e. The molecule has 0 aromatic carbocycles. The van der Waals surface area contributed by atoms with Crippen molar-refractivity contribution in [3.63, 3.8) is 0 Å². The summed E-state index contributed by atoms with van der Waals surface area (Å²) in [6.45, 7) is 6.07. The molecule has 6 heteroatoms. The molecule has 108 valence electrons. The first-order valence-electron chi connectivity index (χ1n) is 6.66. The van der Waals surface area contributed by atoms with Gasteiger partial charge in [-0.2, -0.15) is 9.28 Å². The van der Waals surface area contributed by atoms with Gasteiger partial charge in [0, 0.05) is 31.4 Å². The van der Waals surface area contributed by atoms with Crippen LogP contribution in [0.1, 0.15) is 46.5 Å². The fourth-order valence-corrected chi connectivity index (χ4v) is 4.23. The van der Waals surface area contributed by atoms with Gasteiger partial charge in [-0.25, -0.2) is 0 Å². The van der Waals surface area contributed by atoms with E-state index in [0.29, 0.717) is 18.0 Å². The number of amides is 1. The summed E-state index contributed by atoms with van der Waals surface area (Å²) in [6, 6.07) is 0.0323. The van der Waals surface area contributed by atoms with Crippen molar-refractivity contribution >= 4 is 40.2 Å². The van der Waals surface area contributed by atoms with Crippen LogP contribution in [0, 0.1) is 0 Å². The van der Waals surface area contributed by atoms with E-state index in [2.05, 4.69) is 0 Å². The lowest BCUT2D eigenvalue weighted by molar-refractivity contribution is -0.776. The minimum absolute atomic E-state index is 0.0323. The molecule has 0 saturated carbocycles. The molecule has 19 heavy (non-hydrogen) atoms. The van der Waals surface area contributed by atoms with Crippen molar-refractivity contribution in [2.75, 3.05) is 6.54 Å². The van der Waals surface area contributed by atoms with Crippen LogP contribution >= 0.6 is 24.0 Å². The van der Waals surface area contributed by atoms with E-state index in [0.717, 1.165) is 19.3 Å². The molecule has 1 saturated heterocycles. The fourth-order valence-electron chi connectivity index (χ4n) is 2.70. The summed E-state index contributed by atoms with van der Waals surface area (Å²) in [7, 11) is 0. The zero-order valence-corrected chi connectivity index (χ0v) is 13.4. The highest BCUT2D eigenvalue weighted by Gasteiger charge is 2.50. The predicted octanol–water partition coefficient (Wildman–Crippen LogP) is 3.44. The first kappa shape index (κ1) is 16.6. The molecule has 1 amide bonds. The standard InChI is InChI=1S/C13H21NO3S2/c1-4-11(19-10(3)15)8-12(18)14(13(16)17)7-5-6-9(14)2/h9,11H,4-8H2,1-3H3/p+1/t9-,11?,14?/m1/s1. The molecule has 0 spiro atoms. The summed E-state index contributed by atoms with van der Waals surface area (Å²) in [5.74, 6) is 0. The Kier molecular flexibility index (Phi) is 5.95. The van der Waals surface area contributed by atoms with E-state index in [1.54, 1.807) is 0 Å². The molecule has 2 unspecified atom stereocenters. The molecule has 1 aliphatic heterocycles. The monoisotopic (exact) mass is 304 g/mol.